The van der Waals surface area contributed by atoms with E-state index >= 15 is 0 Å². The van der Waals surface area contributed by atoms with Gasteiger partial charge in [-0.25, -0.2) is 4.58 Å². The molecule has 1 heterocycles. The third kappa shape index (κ3) is 1.92. The van der Waals surface area contributed by atoms with Crippen LogP contribution >= 0.6 is 0 Å². The number of halogens is 1. The van der Waals surface area contributed by atoms with Crippen molar-refractivity contribution in [3.63, 3.8) is 0 Å². The summed E-state index contributed by atoms with van der Waals surface area (Å²) >= 11 is 0. The van der Waals surface area contributed by atoms with Crippen molar-refractivity contribution in [3.8, 4) is 11.5 Å². The van der Waals surface area contributed by atoms with Gasteiger partial charge >= 0.3 is 0 Å². The highest BCUT2D eigenvalue weighted by Gasteiger charge is 2.21. The molecule has 1 aromatic rings. The van der Waals surface area contributed by atoms with Crippen LogP contribution < -0.4 is 12.4 Å². The van der Waals surface area contributed by atoms with Gasteiger partial charge < -0.3 is 22.6 Å². The Morgan fingerprint density at radius 1 is 1.20 bits per heavy atom. The third-order valence-corrected chi connectivity index (χ3v) is 2.88. The van der Waals surface area contributed by atoms with Crippen LogP contribution in [0, 0.1) is 0 Å². The van der Waals surface area contributed by atoms with Crippen molar-refractivity contribution in [1.29, 1.82) is 0 Å². The first-order valence-electron chi connectivity index (χ1n) is 4.69. The fraction of sp³-hybridized carbons (Fsp3) is 0.364. The molecular weight excluding hydrogens is 214 g/mol. The number of hydrogen-bond donors (Lipinski definition) is 2. The normalized spacial score (nSPS) is 14.5. The first-order chi connectivity index (χ1) is 6.59. The molecule has 0 radical (unpaired) electrons. The van der Waals surface area contributed by atoms with E-state index in [1.807, 2.05) is 14.0 Å². The highest BCUT2D eigenvalue weighted by Crippen LogP contribution is 2.30. The standard InChI is InChI=1S/C11H13NO2.ClH/c1-7-9-6-11(14)10(13)5-8(9)3-4-12(7)2;/h5-6,14H,3-4H2,1-2H3;1H. The van der Waals surface area contributed by atoms with Gasteiger partial charge in [0.05, 0.1) is 0 Å². The lowest BCUT2D eigenvalue weighted by atomic mass is 9.97. The number of benzene rings is 1. The monoisotopic (exact) mass is 227 g/mol. The van der Waals surface area contributed by atoms with Crippen LogP contribution in [-0.2, 0) is 6.42 Å². The lowest BCUT2D eigenvalue weighted by Gasteiger charge is -2.14. The van der Waals surface area contributed by atoms with E-state index in [-0.39, 0.29) is 23.9 Å². The van der Waals surface area contributed by atoms with Crippen LogP contribution in [0.15, 0.2) is 12.1 Å². The van der Waals surface area contributed by atoms with Crippen molar-refractivity contribution in [2.75, 3.05) is 13.6 Å². The van der Waals surface area contributed by atoms with Crippen molar-refractivity contribution in [2.24, 2.45) is 0 Å². The molecule has 1 aliphatic heterocycles. The van der Waals surface area contributed by atoms with E-state index in [1.54, 1.807) is 12.1 Å². The molecule has 4 heteroatoms. The van der Waals surface area contributed by atoms with E-state index in [0.717, 1.165) is 29.8 Å². The molecule has 0 saturated carbocycles. The van der Waals surface area contributed by atoms with Crippen LogP contribution in [0.2, 0.25) is 0 Å². The van der Waals surface area contributed by atoms with Crippen molar-refractivity contribution >= 4 is 5.71 Å². The molecule has 0 amide bonds. The van der Waals surface area contributed by atoms with E-state index in [1.165, 1.54) is 0 Å². The summed E-state index contributed by atoms with van der Waals surface area (Å²) in [5.41, 5.74) is 3.28. The Kier molecular flexibility index (Phi) is 3.25. The highest BCUT2D eigenvalue weighted by atomic mass is 35.5. The Bertz CT molecular complexity index is 427. The number of fused-ring (bicyclic) bond motifs is 1. The predicted molar refractivity (Wildman–Crippen MR) is 54.3 cm³/mol. The third-order valence-electron chi connectivity index (χ3n) is 2.88. The van der Waals surface area contributed by atoms with Crippen molar-refractivity contribution < 1.29 is 27.2 Å². The lowest BCUT2D eigenvalue weighted by Crippen LogP contribution is -3.00. The first-order valence-corrected chi connectivity index (χ1v) is 4.69. The largest absolute Gasteiger partial charge is 1.00 e. The van der Waals surface area contributed by atoms with Crippen LogP contribution in [0.3, 0.4) is 0 Å². The quantitative estimate of drug-likeness (QED) is 0.402. The molecule has 0 aromatic heterocycles. The lowest BCUT2D eigenvalue weighted by molar-refractivity contribution is -0.498. The zero-order valence-corrected chi connectivity index (χ0v) is 9.54. The van der Waals surface area contributed by atoms with Crippen LogP contribution in [-0.4, -0.2) is 34.1 Å². The summed E-state index contributed by atoms with van der Waals surface area (Å²) in [6.45, 7) is 2.98. The average Bonchev–Trinajstić information content (AvgIpc) is 2.15. The second-order valence-corrected chi connectivity index (χ2v) is 3.76. The maximum Gasteiger partial charge on any atom is 0.180 e. The number of phenols is 2. The van der Waals surface area contributed by atoms with Crippen LogP contribution in [0.5, 0.6) is 11.5 Å². The molecule has 0 fully saturated rings. The topological polar surface area (TPSA) is 43.5 Å². The maximum absolute atomic E-state index is 9.40. The first kappa shape index (κ1) is 11.9. The van der Waals surface area contributed by atoms with Crippen LogP contribution in [0.25, 0.3) is 0 Å². The van der Waals surface area contributed by atoms with Gasteiger partial charge in [0.25, 0.3) is 0 Å². The molecule has 0 spiro atoms. The number of nitrogens with zero attached hydrogens (tertiary/aromatic N) is 1. The van der Waals surface area contributed by atoms with Gasteiger partial charge in [0.2, 0.25) is 0 Å². The predicted octanol–water partition coefficient (Wildman–Crippen LogP) is -1.89. The average molecular weight is 228 g/mol. The molecular formula is C11H14ClNO2. The number of hydrogen-bond acceptors (Lipinski definition) is 2. The molecule has 82 valence electrons. The molecule has 1 aromatic carbocycles. The second kappa shape index (κ2) is 4.11. The van der Waals surface area contributed by atoms with E-state index < -0.39 is 0 Å². The Hall–Kier alpha value is -1.22. The molecule has 2 N–H and O–H groups in total. The van der Waals surface area contributed by atoms with Gasteiger partial charge in [-0.1, -0.05) is 0 Å². The minimum atomic E-state index is -0.0431. The Morgan fingerprint density at radius 3 is 2.47 bits per heavy atom. The van der Waals surface area contributed by atoms with Gasteiger partial charge in [-0.15, -0.1) is 0 Å². The summed E-state index contributed by atoms with van der Waals surface area (Å²) in [7, 11) is 2.03. The van der Waals surface area contributed by atoms with Gasteiger partial charge in [-0.05, 0) is 17.7 Å². The Labute approximate surface area is 95.1 Å². The Morgan fingerprint density at radius 2 is 1.80 bits per heavy atom. The number of aromatic hydroxyl groups is 2. The SMILES string of the molecule is CC1=[N+](C)CCc2cc(O)c(O)cc21.[Cl-]. The molecule has 0 saturated heterocycles. The van der Waals surface area contributed by atoms with E-state index in [9.17, 15) is 10.2 Å². The number of likely N-dealkylation sites (N-methyl/N-ethyl adjacent to an activating group) is 1. The fourth-order valence-electron chi connectivity index (χ4n) is 1.83. The van der Waals surface area contributed by atoms with Gasteiger partial charge in [0.1, 0.15) is 13.6 Å². The zero-order chi connectivity index (χ0) is 10.3. The van der Waals surface area contributed by atoms with Crippen molar-refractivity contribution in [1.82, 2.24) is 0 Å². The van der Waals surface area contributed by atoms with Gasteiger partial charge in [-0.2, -0.15) is 0 Å². The summed E-state index contributed by atoms with van der Waals surface area (Å²) in [6, 6.07) is 3.29. The molecule has 0 bridgehead atoms. The smallest absolute Gasteiger partial charge is 0.180 e. The molecule has 2 rings (SSSR count). The minimum absolute atomic E-state index is 0. The van der Waals surface area contributed by atoms with Crippen molar-refractivity contribution in [3.05, 3.63) is 23.3 Å². The van der Waals surface area contributed by atoms with Gasteiger partial charge in [0, 0.05) is 18.9 Å². The van der Waals surface area contributed by atoms with Crippen LogP contribution in [0.1, 0.15) is 18.1 Å². The van der Waals surface area contributed by atoms with Gasteiger partial charge in [0.15, 0.2) is 17.2 Å². The number of phenolic OH excluding ortho intramolecular Hbond substituents is 2. The summed E-state index contributed by atoms with van der Waals surface area (Å²) in [5, 5.41) is 18.8. The van der Waals surface area contributed by atoms with Gasteiger partial charge in [-0.3, -0.25) is 0 Å². The summed E-state index contributed by atoms with van der Waals surface area (Å²) < 4.78 is 2.15. The molecule has 1 aliphatic rings. The summed E-state index contributed by atoms with van der Waals surface area (Å²) in [4.78, 5) is 0. The molecule has 3 nitrogen and oxygen atoms in total. The highest BCUT2D eigenvalue weighted by molar-refractivity contribution is 5.97. The molecule has 15 heavy (non-hydrogen) atoms. The zero-order valence-electron chi connectivity index (χ0n) is 8.79. The Balaban J connectivity index is 0.00000112. The van der Waals surface area contributed by atoms with Crippen LogP contribution in [0.4, 0.5) is 0 Å². The maximum atomic E-state index is 9.40. The van der Waals surface area contributed by atoms with Crippen molar-refractivity contribution in [2.45, 2.75) is 13.3 Å². The fourth-order valence-corrected chi connectivity index (χ4v) is 1.83. The van der Waals surface area contributed by atoms with E-state index in [2.05, 4.69) is 4.58 Å². The summed E-state index contributed by atoms with van der Waals surface area (Å²) in [6.07, 6.45) is 0.914. The van der Waals surface area contributed by atoms with E-state index in [4.69, 9.17) is 0 Å². The minimum Gasteiger partial charge on any atom is -1.00 e. The molecule has 0 unspecified atom stereocenters. The second-order valence-electron chi connectivity index (χ2n) is 3.76. The van der Waals surface area contributed by atoms with E-state index in [0.29, 0.717) is 0 Å². The summed E-state index contributed by atoms with van der Waals surface area (Å²) in [5.74, 6) is -0.0699. The molecule has 0 atom stereocenters. The number of rotatable bonds is 0. The molecule has 0 aliphatic carbocycles.